The van der Waals surface area contributed by atoms with Gasteiger partial charge in [0.1, 0.15) is 6.04 Å². The average Bonchev–Trinajstić information content (AvgIpc) is 3.31. The van der Waals surface area contributed by atoms with Gasteiger partial charge in [-0.3, -0.25) is 19.3 Å². The molecule has 3 aromatic rings. The van der Waals surface area contributed by atoms with Gasteiger partial charge in [0.05, 0.1) is 26.2 Å². The number of anilines is 1. The van der Waals surface area contributed by atoms with Gasteiger partial charge in [-0.15, -0.1) is 0 Å². The van der Waals surface area contributed by atoms with Crippen LogP contribution in [0.4, 0.5) is 5.13 Å². The maximum Gasteiger partial charge on any atom is 0.262 e. The van der Waals surface area contributed by atoms with Gasteiger partial charge in [-0.1, -0.05) is 37.3 Å². The third-order valence-corrected chi connectivity index (χ3v) is 8.50. The quantitative estimate of drug-likeness (QED) is 0.513. The zero-order valence-electron chi connectivity index (χ0n) is 18.2. The van der Waals surface area contributed by atoms with E-state index in [1.807, 2.05) is 0 Å². The van der Waals surface area contributed by atoms with E-state index < -0.39 is 33.8 Å². The number of thiazole rings is 1. The standard InChI is InChI=1S/C22H22N4O5S2/c1-4-25(5-2)33(30,31)14-10-11-17-18(12-14)32-22(23-17)24-19(27)13(3)26-20(28)15-8-6-7-9-16(15)21(26)29/h6-13H,4-5H2,1-3H3,(H,23,24,27). The van der Waals surface area contributed by atoms with Crippen molar-refractivity contribution in [3.63, 3.8) is 0 Å². The molecule has 0 saturated carbocycles. The lowest BCUT2D eigenvalue weighted by Gasteiger charge is -2.21. The lowest BCUT2D eigenvalue weighted by Crippen LogP contribution is -2.45. The van der Waals surface area contributed by atoms with Crippen LogP contribution in [0.3, 0.4) is 0 Å². The molecule has 1 atom stereocenters. The number of aromatic nitrogens is 1. The number of rotatable bonds is 7. The Balaban J connectivity index is 1.55. The Labute approximate surface area is 195 Å². The zero-order chi connectivity index (χ0) is 23.9. The van der Waals surface area contributed by atoms with E-state index in [0.29, 0.717) is 23.3 Å². The Morgan fingerprint density at radius 3 is 2.27 bits per heavy atom. The van der Waals surface area contributed by atoms with E-state index in [2.05, 4.69) is 10.3 Å². The first-order valence-corrected chi connectivity index (χ1v) is 12.6. The highest BCUT2D eigenvalue weighted by Crippen LogP contribution is 2.30. The van der Waals surface area contributed by atoms with Crippen molar-refractivity contribution >= 4 is 54.4 Å². The summed E-state index contributed by atoms with van der Waals surface area (Å²) >= 11 is 1.12. The Bertz CT molecular complexity index is 1340. The monoisotopic (exact) mass is 486 g/mol. The van der Waals surface area contributed by atoms with E-state index in [1.165, 1.54) is 23.4 Å². The minimum Gasteiger partial charge on any atom is -0.300 e. The van der Waals surface area contributed by atoms with Gasteiger partial charge in [0.15, 0.2) is 5.13 Å². The van der Waals surface area contributed by atoms with Crippen molar-refractivity contribution in [2.75, 3.05) is 18.4 Å². The van der Waals surface area contributed by atoms with Crippen LogP contribution >= 0.6 is 11.3 Å². The lowest BCUT2D eigenvalue weighted by atomic mass is 10.1. The largest absolute Gasteiger partial charge is 0.300 e. The number of carbonyl (C=O) groups is 3. The number of nitrogens with one attached hydrogen (secondary N) is 1. The molecule has 2 heterocycles. The molecule has 1 aliphatic heterocycles. The number of imide groups is 1. The number of nitrogens with zero attached hydrogens (tertiary/aromatic N) is 3. The summed E-state index contributed by atoms with van der Waals surface area (Å²) in [5.74, 6) is -1.61. The number of amides is 3. The van der Waals surface area contributed by atoms with Gasteiger partial charge in [-0.2, -0.15) is 4.31 Å². The second-order valence-corrected chi connectivity index (χ2v) is 10.4. The first kappa shape index (κ1) is 23.0. The summed E-state index contributed by atoms with van der Waals surface area (Å²) in [6.45, 7) is 5.73. The van der Waals surface area contributed by atoms with Crippen LogP contribution in [0.15, 0.2) is 47.4 Å². The minimum absolute atomic E-state index is 0.152. The summed E-state index contributed by atoms with van der Waals surface area (Å²) in [5.41, 5.74) is 1.07. The molecule has 2 aromatic carbocycles. The van der Waals surface area contributed by atoms with Crippen LogP contribution in [0.2, 0.25) is 0 Å². The highest BCUT2D eigenvalue weighted by Gasteiger charge is 2.40. The molecule has 0 aliphatic carbocycles. The molecule has 0 bridgehead atoms. The third kappa shape index (κ3) is 3.92. The van der Waals surface area contributed by atoms with Crippen LogP contribution in [-0.2, 0) is 14.8 Å². The number of benzene rings is 2. The molecule has 1 aromatic heterocycles. The lowest BCUT2D eigenvalue weighted by molar-refractivity contribution is -0.119. The van der Waals surface area contributed by atoms with E-state index in [0.717, 1.165) is 16.2 Å². The van der Waals surface area contributed by atoms with Crippen LogP contribution in [0.1, 0.15) is 41.5 Å². The summed E-state index contributed by atoms with van der Waals surface area (Å²) in [5, 5.41) is 2.89. The number of carbonyl (C=O) groups excluding carboxylic acids is 3. The average molecular weight is 487 g/mol. The zero-order valence-corrected chi connectivity index (χ0v) is 19.9. The van der Waals surface area contributed by atoms with Gasteiger partial charge in [-0.25, -0.2) is 13.4 Å². The predicted octanol–water partition coefficient (Wildman–Crippen LogP) is 2.95. The summed E-state index contributed by atoms with van der Waals surface area (Å²) in [6.07, 6.45) is 0. The summed E-state index contributed by atoms with van der Waals surface area (Å²) < 4.78 is 27.5. The third-order valence-electron chi connectivity index (χ3n) is 5.53. The molecular weight excluding hydrogens is 464 g/mol. The van der Waals surface area contributed by atoms with Crippen LogP contribution in [0.5, 0.6) is 0 Å². The first-order valence-electron chi connectivity index (χ1n) is 10.4. The van der Waals surface area contributed by atoms with Crippen LogP contribution in [0, 0.1) is 0 Å². The van der Waals surface area contributed by atoms with Gasteiger partial charge in [0.2, 0.25) is 15.9 Å². The minimum atomic E-state index is -3.63. The topological polar surface area (TPSA) is 117 Å². The van der Waals surface area contributed by atoms with Gasteiger partial charge in [0, 0.05) is 13.1 Å². The van der Waals surface area contributed by atoms with Gasteiger partial charge in [-0.05, 0) is 37.3 Å². The number of hydrogen-bond donors (Lipinski definition) is 1. The van der Waals surface area contributed by atoms with Crippen molar-refractivity contribution in [1.82, 2.24) is 14.2 Å². The predicted molar refractivity (Wildman–Crippen MR) is 125 cm³/mol. The molecule has 0 saturated heterocycles. The molecule has 0 spiro atoms. The fraction of sp³-hybridized carbons (Fsp3) is 0.273. The van der Waals surface area contributed by atoms with Crippen molar-refractivity contribution < 1.29 is 22.8 Å². The van der Waals surface area contributed by atoms with Crippen LogP contribution < -0.4 is 5.32 Å². The molecule has 9 nitrogen and oxygen atoms in total. The number of hydrogen-bond acceptors (Lipinski definition) is 7. The normalized spacial score (nSPS) is 14.7. The van der Waals surface area contributed by atoms with Crippen LogP contribution in [0.25, 0.3) is 10.2 Å². The van der Waals surface area contributed by atoms with E-state index in [9.17, 15) is 22.8 Å². The van der Waals surface area contributed by atoms with E-state index in [4.69, 9.17) is 0 Å². The number of fused-ring (bicyclic) bond motifs is 2. The Morgan fingerprint density at radius 2 is 1.70 bits per heavy atom. The molecule has 33 heavy (non-hydrogen) atoms. The SMILES string of the molecule is CCN(CC)S(=O)(=O)c1ccc2nc(NC(=O)C(C)N3C(=O)c4ccccc4C3=O)sc2c1. The second-order valence-electron chi connectivity index (χ2n) is 7.43. The molecule has 1 N–H and O–H groups in total. The first-order chi connectivity index (χ1) is 15.7. The Morgan fingerprint density at radius 1 is 1.09 bits per heavy atom. The Kier molecular flexibility index (Phi) is 6.04. The van der Waals surface area contributed by atoms with Crippen molar-refractivity contribution in [3.05, 3.63) is 53.6 Å². The molecule has 172 valence electrons. The molecule has 4 rings (SSSR count). The van der Waals surface area contributed by atoms with Gasteiger partial charge in [0.25, 0.3) is 11.8 Å². The highest BCUT2D eigenvalue weighted by atomic mass is 32.2. The van der Waals surface area contributed by atoms with E-state index >= 15 is 0 Å². The number of sulfonamides is 1. The molecule has 0 radical (unpaired) electrons. The molecule has 1 unspecified atom stereocenters. The highest BCUT2D eigenvalue weighted by molar-refractivity contribution is 7.89. The summed E-state index contributed by atoms with van der Waals surface area (Å²) in [7, 11) is -3.63. The van der Waals surface area contributed by atoms with Crippen molar-refractivity contribution in [2.45, 2.75) is 31.7 Å². The van der Waals surface area contributed by atoms with Crippen LogP contribution in [-0.4, -0.2) is 59.5 Å². The van der Waals surface area contributed by atoms with Gasteiger partial charge >= 0.3 is 0 Å². The smallest absolute Gasteiger partial charge is 0.262 e. The van der Waals surface area contributed by atoms with Crippen molar-refractivity contribution in [3.8, 4) is 0 Å². The molecule has 3 amide bonds. The molecule has 11 heteroatoms. The fourth-order valence-corrected chi connectivity index (χ4v) is 6.19. The fourth-order valence-electron chi connectivity index (χ4n) is 3.72. The van der Waals surface area contributed by atoms with Gasteiger partial charge < -0.3 is 5.32 Å². The Hall–Kier alpha value is -3.15. The second kappa shape index (κ2) is 8.65. The van der Waals surface area contributed by atoms with Crippen molar-refractivity contribution in [2.24, 2.45) is 0 Å². The van der Waals surface area contributed by atoms with E-state index in [1.54, 1.807) is 44.2 Å². The van der Waals surface area contributed by atoms with Crippen molar-refractivity contribution in [1.29, 1.82) is 0 Å². The maximum absolute atomic E-state index is 12.8. The maximum atomic E-state index is 12.8. The van der Waals surface area contributed by atoms with E-state index in [-0.39, 0.29) is 21.2 Å². The molecular formula is C22H22N4O5S2. The summed E-state index contributed by atoms with van der Waals surface area (Å²) in [4.78, 5) is 43.5. The molecule has 1 aliphatic rings. The molecule has 0 fully saturated rings. The summed E-state index contributed by atoms with van der Waals surface area (Å²) in [6, 6.07) is 9.98.